The molecule has 0 spiro atoms. The number of aryl methyl sites for hydroxylation is 2. The predicted octanol–water partition coefficient (Wildman–Crippen LogP) is 2.97. The SMILES string of the molecule is CCn1nc(C)cc1C(O)CC1Cc2ccccc21. The summed E-state index contributed by atoms with van der Waals surface area (Å²) in [6.07, 6.45) is 1.47. The van der Waals surface area contributed by atoms with Crippen molar-refractivity contribution in [2.75, 3.05) is 0 Å². The Labute approximate surface area is 113 Å². The molecule has 1 heterocycles. The highest BCUT2D eigenvalue weighted by Crippen LogP contribution is 2.40. The highest BCUT2D eigenvalue weighted by Gasteiger charge is 2.29. The standard InChI is InChI=1S/C16H20N2O/c1-3-18-15(8-11(2)17-18)16(19)10-13-9-12-6-4-5-7-14(12)13/h4-8,13,16,19H,3,9-10H2,1-2H3. The van der Waals surface area contributed by atoms with Crippen molar-refractivity contribution in [1.29, 1.82) is 0 Å². The minimum absolute atomic E-state index is 0.417. The van der Waals surface area contributed by atoms with E-state index in [1.54, 1.807) is 0 Å². The summed E-state index contributed by atoms with van der Waals surface area (Å²) in [5, 5.41) is 14.8. The van der Waals surface area contributed by atoms with E-state index in [0.717, 1.165) is 30.8 Å². The van der Waals surface area contributed by atoms with Gasteiger partial charge in [-0.1, -0.05) is 24.3 Å². The molecule has 3 rings (SSSR count). The molecule has 0 saturated carbocycles. The molecule has 0 amide bonds. The van der Waals surface area contributed by atoms with Gasteiger partial charge in [0.1, 0.15) is 0 Å². The summed E-state index contributed by atoms with van der Waals surface area (Å²) in [5.74, 6) is 0.492. The summed E-state index contributed by atoms with van der Waals surface area (Å²) < 4.78 is 1.91. The van der Waals surface area contributed by atoms with Crippen LogP contribution in [0.4, 0.5) is 0 Å². The van der Waals surface area contributed by atoms with Crippen molar-refractivity contribution in [3.63, 3.8) is 0 Å². The molecule has 3 nitrogen and oxygen atoms in total. The monoisotopic (exact) mass is 256 g/mol. The lowest BCUT2D eigenvalue weighted by Crippen LogP contribution is -2.20. The minimum Gasteiger partial charge on any atom is -0.387 e. The average molecular weight is 256 g/mol. The lowest BCUT2D eigenvalue weighted by atomic mass is 9.74. The third-order valence-electron chi connectivity index (χ3n) is 4.04. The third-order valence-corrected chi connectivity index (χ3v) is 4.04. The van der Waals surface area contributed by atoms with Gasteiger partial charge < -0.3 is 5.11 Å². The van der Waals surface area contributed by atoms with E-state index in [9.17, 15) is 5.11 Å². The van der Waals surface area contributed by atoms with E-state index < -0.39 is 6.10 Å². The fourth-order valence-electron chi connectivity index (χ4n) is 3.05. The second-order valence-electron chi connectivity index (χ2n) is 5.38. The van der Waals surface area contributed by atoms with Crippen LogP contribution in [0.1, 0.15) is 47.9 Å². The Morgan fingerprint density at radius 1 is 1.42 bits per heavy atom. The van der Waals surface area contributed by atoms with Gasteiger partial charge in [-0.25, -0.2) is 0 Å². The van der Waals surface area contributed by atoms with Crippen molar-refractivity contribution < 1.29 is 5.11 Å². The van der Waals surface area contributed by atoms with Gasteiger partial charge in [-0.3, -0.25) is 4.68 Å². The summed E-state index contributed by atoms with van der Waals surface area (Å²) in [4.78, 5) is 0. The smallest absolute Gasteiger partial charge is 0.0962 e. The maximum atomic E-state index is 10.4. The van der Waals surface area contributed by atoms with Crippen LogP contribution in [0.25, 0.3) is 0 Å². The van der Waals surface area contributed by atoms with E-state index in [4.69, 9.17) is 0 Å². The second kappa shape index (κ2) is 4.82. The number of aliphatic hydroxyl groups excluding tert-OH is 1. The molecule has 0 radical (unpaired) electrons. The molecule has 0 aliphatic heterocycles. The molecule has 2 unspecified atom stereocenters. The lowest BCUT2D eigenvalue weighted by Gasteiger charge is -2.31. The molecular formula is C16H20N2O. The van der Waals surface area contributed by atoms with Gasteiger partial charge in [0.15, 0.2) is 0 Å². The first-order chi connectivity index (χ1) is 9.19. The third kappa shape index (κ3) is 2.19. The Morgan fingerprint density at radius 3 is 2.95 bits per heavy atom. The van der Waals surface area contributed by atoms with E-state index in [2.05, 4.69) is 36.3 Å². The van der Waals surface area contributed by atoms with Crippen molar-refractivity contribution in [3.05, 3.63) is 52.8 Å². The summed E-state index contributed by atoms with van der Waals surface area (Å²) in [6.45, 7) is 4.84. The first kappa shape index (κ1) is 12.4. The molecule has 2 atom stereocenters. The van der Waals surface area contributed by atoms with Gasteiger partial charge in [0.2, 0.25) is 0 Å². The Balaban J connectivity index is 1.74. The summed E-state index contributed by atoms with van der Waals surface area (Å²) in [6, 6.07) is 10.5. The van der Waals surface area contributed by atoms with E-state index >= 15 is 0 Å². The first-order valence-electron chi connectivity index (χ1n) is 6.99. The van der Waals surface area contributed by atoms with Crippen LogP contribution in [0.15, 0.2) is 30.3 Å². The van der Waals surface area contributed by atoms with Gasteiger partial charge >= 0.3 is 0 Å². The number of fused-ring (bicyclic) bond motifs is 1. The molecule has 1 N–H and O–H groups in total. The highest BCUT2D eigenvalue weighted by molar-refractivity contribution is 5.40. The van der Waals surface area contributed by atoms with Gasteiger partial charge in [-0.15, -0.1) is 0 Å². The molecule has 1 aromatic heterocycles. The van der Waals surface area contributed by atoms with Gasteiger partial charge in [-0.05, 0) is 49.8 Å². The molecule has 2 aromatic rings. The average Bonchev–Trinajstić information content (AvgIpc) is 2.77. The van der Waals surface area contributed by atoms with Crippen molar-refractivity contribution in [1.82, 2.24) is 9.78 Å². The maximum Gasteiger partial charge on any atom is 0.0962 e. The second-order valence-corrected chi connectivity index (χ2v) is 5.38. The first-order valence-corrected chi connectivity index (χ1v) is 6.99. The van der Waals surface area contributed by atoms with Gasteiger partial charge in [0, 0.05) is 6.54 Å². The summed E-state index contributed by atoms with van der Waals surface area (Å²) in [7, 11) is 0. The van der Waals surface area contributed by atoms with E-state index in [1.807, 2.05) is 17.7 Å². The van der Waals surface area contributed by atoms with Crippen molar-refractivity contribution in [3.8, 4) is 0 Å². The molecule has 1 aliphatic carbocycles. The zero-order valence-corrected chi connectivity index (χ0v) is 11.5. The molecule has 19 heavy (non-hydrogen) atoms. The summed E-state index contributed by atoms with van der Waals surface area (Å²) >= 11 is 0. The van der Waals surface area contributed by atoms with Crippen LogP contribution in [0.2, 0.25) is 0 Å². The molecule has 0 saturated heterocycles. The quantitative estimate of drug-likeness (QED) is 0.913. The van der Waals surface area contributed by atoms with Gasteiger partial charge in [0.25, 0.3) is 0 Å². The van der Waals surface area contributed by atoms with Crippen LogP contribution in [0.3, 0.4) is 0 Å². The molecular weight excluding hydrogens is 236 g/mol. The van der Waals surface area contributed by atoms with Gasteiger partial charge in [0.05, 0.1) is 17.5 Å². The molecule has 3 heteroatoms. The van der Waals surface area contributed by atoms with Crippen LogP contribution in [0.5, 0.6) is 0 Å². The number of benzene rings is 1. The Morgan fingerprint density at radius 2 is 2.21 bits per heavy atom. The Bertz CT molecular complexity index is 588. The number of aromatic nitrogens is 2. The van der Waals surface area contributed by atoms with E-state index in [-0.39, 0.29) is 0 Å². The van der Waals surface area contributed by atoms with Crippen molar-refractivity contribution in [2.45, 2.75) is 45.3 Å². The number of hydrogen-bond acceptors (Lipinski definition) is 2. The largest absolute Gasteiger partial charge is 0.387 e. The molecule has 1 aliphatic rings. The highest BCUT2D eigenvalue weighted by atomic mass is 16.3. The number of aliphatic hydroxyl groups is 1. The Kier molecular flexibility index (Phi) is 3.15. The van der Waals surface area contributed by atoms with Crippen LogP contribution in [-0.4, -0.2) is 14.9 Å². The fourth-order valence-corrected chi connectivity index (χ4v) is 3.05. The fraction of sp³-hybridized carbons (Fsp3) is 0.438. The van der Waals surface area contributed by atoms with E-state index in [1.165, 1.54) is 11.1 Å². The van der Waals surface area contributed by atoms with Crippen LogP contribution in [0, 0.1) is 6.92 Å². The predicted molar refractivity (Wildman–Crippen MR) is 75.1 cm³/mol. The van der Waals surface area contributed by atoms with Gasteiger partial charge in [-0.2, -0.15) is 5.10 Å². The molecule has 100 valence electrons. The Hall–Kier alpha value is -1.61. The zero-order chi connectivity index (χ0) is 13.4. The molecule has 1 aromatic carbocycles. The maximum absolute atomic E-state index is 10.4. The van der Waals surface area contributed by atoms with E-state index in [0.29, 0.717) is 5.92 Å². The molecule has 0 bridgehead atoms. The van der Waals surface area contributed by atoms with Crippen molar-refractivity contribution >= 4 is 0 Å². The van der Waals surface area contributed by atoms with Crippen LogP contribution >= 0.6 is 0 Å². The minimum atomic E-state index is -0.417. The number of hydrogen-bond donors (Lipinski definition) is 1. The van der Waals surface area contributed by atoms with Crippen molar-refractivity contribution in [2.24, 2.45) is 0 Å². The van der Waals surface area contributed by atoms with Crippen LogP contribution < -0.4 is 0 Å². The zero-order valence-electron chi connectivity index (χ0n) is 11.5. The molecule has 0 fully saturated rings. The number of nitrogens with zero attached hydrogens (tertiary/aromatic N) is 2. The summed E-state index contributed by atoms with van der Waals surface area (Å²) in [5.41, 5.74) is 4.76. The van der Waals surface area contributed by atoms with Crippen LogP contribution in [-0.2, 0) is 13.0 Å². The topological polar surface area (TPSA) is 38.0 Å². The lowest BCUT2D eigenvalue weighted by molar-refractivity contribution is 0.143. The normalized spacial score (nSPS) is 18.8. The number of rotatable bonds is 4.